The Hall–Kier alpha value is -1.89. The Kier molecular flexibility index (Phi) is 5.76. The zero-order valence-corrected chi connectivity index (χ0v) is 13.9. The lowest BCUT2D eigenvalue weighted by Gasteiger charge is -2.29. The van der Waals surface area contributed by atoms with E-state index in [-0.39, 0.29) is 18.2 Å². The third-order valence-corrected chi connectivity index (χ3v) is 3.67. The number of carbonyl (C=O) groups is 1. The molecule has 0 saturated heterocycles. The highest BCUT2D eigenvalue weighted by Crippen LogP contribution is 2.15. The average Bonchev–Trinajstić information content (AvgIpc) is 2.97. The largest absolute Gasteiger partial charge is 0.396 e. The van der Waals surface area contributed by atoms with Crippen molar-refractivity contribution in [3.05, 3.63) is 47.2 Å². The summed E-state index contributed by atoms with van der Waals surface area (Å²) < 4.78 is 6.70. The van der Waals surface area contributed by atoms with Gasteiger partial charge in [-0.25, -0.2) is 4.68 Å². The van der Waals surface area contributed by atoms with Gasteiger partial charge < -0.3 is 15.2 Å². The SMILES string of the molecule is COCC(C)(CCO)NC(=O)c1ccn(-c2cccc(Cl)c2)n1. The number of aliphatic hydroxyl groups excluding tert-OH is 1. The van der Waals surface area contributed by atoms with Gasteiger partial charge in [0.1, 0.15) is 0 Å². The smallest absolute Gasteiger partial charge is 0.272 e. The van der Waals surface area contributed by atoms with Gasteiger partial charge in [-0.2, -0.15) is 5.10 Å². The third-order valence-electron chi connectivity index (χ3n) is 3.44. The van der Waals surface area contributed by atoms with Crippen LogP contribution in [0.3, 0.4) is 0 Å². The molecule has 0 aliphatic carbocycles. The lowest BCUT2D eigenvalue weighted by molar-refractivity contribution is 0.0721. The normalized spacial score (nSPS) is 13.6. The number of nitrogens with one attached hydrogen (secondary N) is 1. The highest BCUT2D eigenvalue weighted by Gasteiger charge is 2.27. The second-order valence-corrected chi connectivity index (χ2v) is 5.98. The number of hydrogen-bond acceptors (Lipinski definition) is 4. The Bertz CT molecular complexity index is 666. The van der Waals surface area contributed by atoms with Gasteiger partial charge >= 0.3 is 0 Å². The van der Waals surface area contributed by atoms with Crippen LogP contribution >= 0.6 is 11.6 Å². The van der Waals surface area contributed by atoms with Crippen molar-refractivity contribution in [3.8, 4) is 5.69 Å². The van der Waals surface area contributed by atoms with Crippen LogP contribution in [0.15, 0.2) is 36.5 Å². The molecule has 7 heteroatoms. The van der Waals surface area contributed by atoms with E-state index in [9.17, 15) is 4.79 Å². The molecule has 1 unspecified atom stereocenters. The number of hydrogen-bond donors (Lipinski definition) is 2. The molecule has 0 fully saturated rings. The molecule has 2 N–H and O–H groups in total. The lowest BCUT2D eigenvalue weighted by atomic mass is 9.99. The van der Waals surface area contributed by atoms with Crippen LogP contribution in [-0.2, 0) is 4.74 Å². The van der Waals surface area contributed by atoms with Crippen molar-refractivity contribution < 1.29 is 14.6 Å². The summed E-state index contributed by atoms with van der Waals surface area (Å²) in [5, 5.41) is 16.9. The summed E-state index contributed by atoms with van der Waals surface area (Å²) in [5.74, 6) is -0.321. The molecule has 23 heavy (non-hydrogen) atoms. The Labute approximate surface area is 140 Å². The fourth-order valence-corrected chi connectivity index (χ4v) is 2.47. The van der Waals surface area contributed by atoms with Gasteiger partial charge in [-0.05, 0) is 37.6 Å². The van der Waals surface area contributed by atoms with Crippen LogP contribution in [0.25, 0.3) is 5.69 Å². The number of amides is 1. The van der Waals surface area contributed by atoms with Crippen molar-refractivity contribution in [2.45, 2.75) is 18.9 Å². The van der Waals surface area contributed by atoms with Crippen LogP contribution in [-0.4, -0.2) is 46.7 Å². The first-order chi connectivity index (χ1) is 11.0. The zero-order chi connectivity index (χ0) is 16.9. The molecule has 1 atom stereocenters. The molecule has 6 nitrogen and oxygen atoms in total. The summed E-state index contributed by atoms with van der Waals surface area (Å²) >= 11 is 5.96. The summed E-state index contributed by atoms with van der Waals surface area (Å²) in [7, 11) is 1.55. The number of halogens is 1. The first kappa shape index (κ1) is 17.5. The summed E-state index contributed by atoms with van der Waals surface area (Å²) in [4.78, 5) is 12.4. The second-order valence-electron chi connectivity index (χ2n) is 5.55. The fraction of sp³-hybridized carbons (Fsp3) is 0.375. The average molecular weight is 338 g/mol. The maximum Gasteiger partial charge on any atom is 0.272 e. The molecule has 0 aliphatic rings. The zero-order valence-electron chi connectivity index (χ0n) is 13.1. The van der Waals surface area contributed by atoms with E-state index in [0.29, 0.717) is 18.1 Å². The van der Waals surface area contributed by atoms with Gasteiger partial charge in [-0.1, -0.05) is 17.7 Å². The lowest BCUT2D eigenvalue weighted by Crippen LogP contribution is -2.50. The van der Waals surface area contributed by atoms with Crippen molar-refractivity contribution in [3.63, 3.8) is 0 Å². The van der Waals surface area contributed by atoms with Crippen LogP contribution in [0.4, 0.5) is 0 Å². The van der Waals surface area contributed by atoms with Crippen LogP contribution < -0.4 is 5.32 Å². The molecule has 0 spiro atoms. The molecule has 0 bridgehead atoms. The van der Waals surface area contributed by atoms with Gasteiger partial charge in [0.2, 0.25) is 0 Å². The number of nitrogens with zero attached hydrogens (tertiary/aromatic N) is 2. The monoisotopic (exact) mass is 337 g/mol. The van der Waals surface area contributed by atoms with Crippen LogP contribution in [0, 0.1) is 0 Å². The van der Waals surface area contributed by atoms with Crippen molar-refractivity contribution >= 4 is 17.5 Å². The van der Waals surface area contributed by atoms with Gasteiger partial charge in [0.05, 0.1) is 17.8 Å². The van der Waals surface area contributed by atoms with Crippen LogP contribution in [0.5, 0.6) is 0 Å². The molecule has 1 aromatic carbocycles. The molecule has 1 aromatic heterocycles. The summed E-state index contributed by atoms with van der Waals surface area (Å²) in [5.41, 5.74) is 0.400. The molecule has 0 saturated carbocycles. The van der Waals surface area contributed by atoms with E-state index in [1.54, 1.807) is 36.2 Å². The first-order valence-corrected chi connectivity index (χ1v) is 7.59. The van der Waals surface area contributed by atoms with E-state index in [2.05, 4.69) is 10.4 Å². The van der Waals surface area contributed by atoms with Crippen molar-refractivity contribution in [1.82, 2.24) is 15.1 Å². The number of rotatable bonds is 7. The third kappa shape index (κ3) is 4.54. The Balaban J connectivity index is 2.14. The standard InChI is InChI=1S/C16H20ClN3O3/c1-16(7-9-21,11-23-2)18-15(22)14-6-8-20(19-14)13-5-3-4-12(17)10-13/h3-6,8,10,21H,7,9,11H2,1-2H3,(H,18,22). The molecule has 1 amide bonds. The van der Waals surface area contributed by atoms with E-state index in [0.717, 1.165) is 5.69 Å². The van der Waals surface area contributed by atoms with Gasteiger partial charge in [0, 0.05) is 24.9 Å². The highest BCUT2D eigenvalue weighted by molar-refractivity contribution is 6.30. The van der Waals surface area contributed by atoms with Gasteiger partial charge in [-0.15, -0.1) is 0 Å². The van der Waals surface area contributed by atoms with Gasteiger partial charge in [0.25, 0.3) is 5.91 Å². The molecule has 2 rings (SSSR count). The minimum Gasteiger partial charge on any atom is -0.396 e. The van der Waals surface area contributed by atoms with E-state index in [4.69, 9.17) is 21.4 Å². The number of carbonyl (C=O) groups excluding carboxylic acids is 1. The number of aliphatic hydroxyl groups is 1. The summed E-state index contributed by atoms with van der Waals surface area (Å²) in [6.07, 6.45) is 2.09. The van der Waals surface area contributed by atoms with Crippen LogP contribution in [0.1, 0.15) is 23.8 Å². The van der Waals surface area contributed by atoms with E-state index in [1.807, 2.05) is 19.1 Å². The van der Waals surface area contributed by atoms with Crippen molar-refractivity contribution in [2.24, 2.45) is 0 Å². The molecule has 1 heterocycles. The Morgan fingerprint density at radius 2 is 2.26 bits per heavy atom. The minimum atomic E-state index is -0.652. The van der Waals surface area contributed by atoms with Crippen molar-refractivity contribution in [1.29, 1.82) is 0 Å². The summed E-state index contributed by atoms with van der Waals surface area (Å²) in [6, 6.07) is 8.82. The predicted octanol–water partition coefficient (Wildman–Crippen LogP) is 2.04. The Morgan fingerprint density at radius 3 is 2.91 bits per heavy atom. The number of ether oxygens (including phenoxy) is 1. The molecule has 124 valence electrons. The second kappa shape index (κ2) is 7.59. The van der Waals surface area contributed by atoms with E-state index < -0.39 is 5.54 Å². The van der Waals surface area contributed by atoms with Gasteiger partial charge in [-0.3, -0.25) is 4.79 Å². The minimum absolute atomic E-state index is 0.0445. The maximum atomic E-state index is 12.4. The molecule has 2 aromatic rings. The van der Waals surface area contributed by atoms with Gasteiger partial charge in [0.15, 0.2) is 5.69 Å². The highest BCUT2D eigenvalue weighted by atomic mass is 35.5. The van der Waals surface area contributed by atoms with Crippen molar-refractivity contribution in [2.75, 3.05) is 20.3 Å². The first-order valence-electron chi connectivity index (χ1n) is 7.21. The Morgan fingerprint density at radius 1 is 1.48 bits per heavy atom. The molecular weight excluding hydrogens is 318 g/mol. The quantitative estimate of drug-likeness (QED) is 0.810. The fourth-order valence-electron chi connectivity index (χ4n) is 2.28. The molecule has 0 aliphatic heterocycles. The number of aromatic nitrogens is 2. The molecule has 0 radical (unpaired) electrons. The van der Waals surface area contributed by atoms with E-state index in [1.165, 1.54) is 0 Å². The summed E-state index contributed by atoms with van der Waals surface area (Å²) in [6.45, 7) is 2.07. The number of benzene rings is 1. The molecular formula is C16H20ClN3O3. The maximum absolute atomic E-state index is 12.4. The van der Waals surface area contributed by atoms with Crippen LogP contribution in [0.2, 0.25) is 5.02 Å². The topological polar surface area (TPSA) is 76.4 Å². The van der Waals surface area contributed by atoms with E-state index >= 15 is 0 Å². The predicted molar refractivity (Wildman–Crippen MR) is 88.0 cm³/mol. The number of methoxy groups -OCH3 is 1.